The summed E-state index contributed by atoms with van der Waals surface area (Å²) in [6.07, 6.45) is 0. The Morgan fingerprint density at radius 1 is 0.198 bits per heavy atom. The molecule has 0 fully saturated rings. The second-order valence-corrected chi connectivity index (χ2v) is 35.7. The number of para-hydroxylation sites is 8. The Morgan fingerprint density at radius 2 is 0.524 bits per heavy atom. The number of aromatic nitrogens is 2. The van der Waals surface area contributed by atoms with E-state index in [1.165, 1.54) is 150 Å². The standard InChI is InChI=1S/2C59H36N2OS/c1-2-16-38(17-3-1)61-52-24-8-4-18-43(52)47-34-39(30-33-53(47)61)60(41-29-32-45-44-19-5-11-27-56(44)63-57(45)36-41)40-28-31-42-46-20-12-14-37-15-13-23-50(58(37)46)59(51(42)35-40)48-21-6-9-25-54(48)62-55-26-10-7-22-49(55)59;1-2-16-38(17-3-1)61-52-24-8-4-18-43(52)46-34-39(29-32-53(46)61)60(40-30-33-57-47(35-40)44-19-5-11-27-56(44)63-57)41-28-31-42-45-20-12-14-37-15-13-23-50(58(37)45)59(51(42)36-41)48-21-6-9-25-54(48)62-55-26-10-7-22-49(55)59/h2*1-36H. The summed E-state index contributed by atoms with van der Waals surface area (Å²) >= 11 is 3.72. The van der Waals surface area contributed by atoms with Crippen LogP contribution in [-0.4, -0.2) is 9.13 Å². The predicted octanol–water partition coefficient (Wildman–Crippen LogP) is 32.5. The number of anilines is 6. The Morgan fingerprint density at radius 3 is 1.00 bits per heavy atom. The van der Waals surface area contributed by atoms with Crippen LogP contribution in [0.15, 0.2) is 437 Å². The molecule has 0 N–H and O–H groups in total. The fourth-order valence-corrected chi connectivity index (χ4v) is 24.4. The minimum absolute atomic E-state index is 0.654. The van der Waals surface area contributed by atoms with E-state index in [-0.39, 0.29) is 0 Å². The lowest BCUT2D eigenvalue weighted by molar-refractivity contribution is 0.435. The van der Waals surface area contributed by atoms with Crippen molar-refractivity contribution >= 4 is 162 Å². The average Bonchev–Trinajstić information content (AvgIpc) is 0.840. The fraction of sp³-hybridized carbons (Fsp3) is 0.0169. The maximum Gasteiger partial charge on any atom is 0.132 e. The quantitative estimate of drug-likeness (QED) is 0.152. The van der Waals surface area contributed by atoms with Crippen LogP contribution in [0.5, 0.6) is 23.0 Å². The van der Waals surface area contributed by atoms with Gasteiger partial charge in [-0.1, -0.05) is 273 Å². The molecule has 0 saturated heterocycles. The molecule has 6 heterocycles. The highest BCUT2D eigenvalue weighted by Crippen LogP contribution is 2.65. The van der Waals surface area contributed by atoms with Crippen molar-refractivity contribution in [2.24, 2.45) is 0 Å². The average molecular weight is 1640 g/mol. The van der Waals surface area contributed by atoms with Gasteiger partial charge in [0.1, 0.15) is 23.0 Å². The molecule has 0 radical (unpaired) electrons. The van der Waals surface area contributed by atoms with Gasteiger partial charge in [-0.15, -0.1) is 22.7 Å². The van der Waals surface area contributed by atoms with Crippen molar-refractivity contribution in [1.29, 1.82) is 0 Å². The van der Waals surface area contributed by atoms with Gasteiger partial charge in [0, 0.05) is 130 Å². The van der Waals surface area contributed by atoms with E-state index in [1.54, 1.807) is 0 Å². The summed E-state index contributed by atoms with van der Waals surface area (Å²) in [5, 5.41) is 15.1. The van der Waals surface area contributed by atoms with E-state index in [2.05, 4.69) is 456 Å². The second kappa shape index (κ2) is 27.3. The molecule has 2 aliphatic carbocycles. The summed E-state index contributed by atoms with van der Waals surface area (Å²) in [4.78, 5) is 4.95. The second-order valence-electron chi connectivity index (χ2n) is 33.6. The van der Waals surface area contributed by atoms with E-state index in [0.717, 1.165) is 90.8 Å². The molecule has 8 heteroatoms. The van der Waals surface area contributed by atoms with Crippen LogP contribution in [0.2, 0.25) is 0 Å². The van der Waals surface area contributed by atoms with Crippen LogP contribution in [0.1, 0.15) is 44.5 Å². The van der Waals surface area contributed by atoms with Crippen molar-refractivity contribution in [1.82, 2.24) is 9.13 Å². The van der Waals surface area contributed by atoms with E-state index < -0.39 is 10.8 Å². The van der Waals surface area contributed by atoms with Crippen molar-refractivity contribution in [2.45, 2.75) is 10.8 Å². The number of nitrogens with zero attached hydrogens (tertiary/aromatic N) is 4. The van der Waals surface area contributed by atoms with Gasteiger partial charge in [0.2, 0.25) is 0 Å². The maximum atomic E-state index is 6.79. The molecular weight excluding hydrogens is 1570 g/mol. The van der Waals surface area contributed by atoms with Crippen LogP contribution in [0, 0.1) is 0 Å². The number of hydrogen-bond donors (Lipinski definition) is 0. The lowest BCUT2D eigenvalue weighted by Crippen LogP contribution is -2.36. The Bertz CT molecular complexity index is 8620. The van der Waals surface area contributed by atoms with Gasteiger partial charge in [0.15, 0.2) is 0 Å². The SMILES string of the molecule is c1ccc(-n2c3ccccc3c3cc(N(c4ccc5c(c4)C4(c6ccccc6Oc6ccccc64)c4cccc6cccc-5c46)c4ccc5c(c4)sc4ccccc45)ccc32)cc1.c1ccc(-n2c3ccccc3c3cc(N(c4ccc5c(c4)C4(c6ccccc6Oc6ccccc64)c4cccc6cccc-5c46)c4ccc5sc6ccccc6c5c4)ccc32)cc1. The highest BCUT2D eigenvalue weighted by atomic mass is 32.1. The molecule has 4 aromatic heterocycles. The normalized spacial score (nSPS) is 13.3. The highest BCUT2D eigenvalue weighted by Gasteiger charge is 2.52. The molecule has 2 spiro atoms. The van der Waals surface area contributed by atoms with Crippen LogP contribution in [0.4, 0.5) is 34.1 Å². The van der Waals surface area contributed by atoms with Gasteiger partial charge < -0.3 is 28.4 Å². The number of ether oxygens (including phenoxy) is 2. The summed E-state index contributed by atoms with van der Waals surface area (Å²) in [6.45, 7) is 0. The molecule has 0 atom stereocenters. The summed E-state index contributed by atoms with van der Waals surface area (Å²) < 4.78 is 23.5. The molecule has 6 nitrogen and oxygen atoms in total. The number of rotatable bonds is 8. The van der Waals surface area contributed by atoms with Gasteiger partial charge in [0.05, 0.1) is 32.9 Å². The van der Waals surface area contributed by atoms with Crippen LogP contribution < -0.4 is 19.3 Å². The first-order valence-corrected chi connectivity index (χ1v) is 44.8. The largest absolute Gasteiger partial charge is 0.457 e. The molecule has 28 rings (SSSR count). The molecule has 4 aliphatic rings. The first kappa shape index (κ1) is 70.8. The van der Waals surface area contributed by atoms with E-state index >= 15 is 0 Å². The van der Waals surface area contributed by atoms with E-state index in [1.807, 2.05) is 22.7 Å². The van der Waals surface area contributed by atoms with Gasteiger partial charge in [-0.05, 0) is 230 Å². The maximum absolute atomic E-state index is 6.79. The molecule has 0 unspecified atom stereocenters. The highest BCUT2D eigenvalue weighted by molar-refractivity contribution is 7.26. The number of fused-ring (bicyclic) bond motifs is 28. The van der Waals surface area contributed by atoms with Crippen LogP contribution >= 0.6 is 22.7 Å². The Labute approximate surface area is 734 Å². The summed E-state index contributed by atoms with van der Waals surface area (Å²) in [5.74, 6) is 3.54. The summed E-state index contributed by atoms with van der Waals surface area (Å²) in [6, 6.07) is 161. The first-order chi connectivity index (χ1) is 62.5. The smallest absolute Gasteiger partial charge is 0.132 e. The lowest BCUT2D eigenvalue weighted by Gasteiger charge is -2.45. The fourth-order valence-electron chi connectivity index (χ4n) is 22.1. The molecule has 0 saturated carbocycles. The summed E-state index contributed by atoms with van der Waals surface area (Å²) in [7, 11) is 0. The molecule has 126 heavy (non-hydrogen) atoms. The minimum Gasteiger partial charge on any atom is -0.457 e. The first-order valence-electron chi connectivity index (χ1n) is 43.2. The zero-order valence-electron chi connectivity index (χ0n) is 68.0. The van der Waals surface area contributed by atoms with Crippen LogP contribution in [0.3, 0.4) is 0 Å². The minimum atomic E-state index is -0.656. The molecule has 24 aromatic rings. The molecular formula is C118H72N4O2S2. The van der Waals surface area contributed by atoms with E-state index in [4.69, 9.17) is 9.47 Å². The number of hydrogen-bond acceptors (Lipinski definition) is 6. The van der Waals surface area contributed by atoms with Gasteiger partial charge in [0.25, 0.3) is 0 Å². The van der Waals surface area contributed by atoms with Gasteiger partial charge in [-0.3, -0.25) is 0 Å². The molecule has 20 aromatic carbocycles. The molecule has 0 bridgehead atoms. The third kappa shape index (κ3) is 10.1. The van der Waals surface area contributed by atoms with Crippen LogP contribution in [0.25, 0.3) is 139 Å². The third-order valence-corrected chi connectivity index (χ3v) is 29.5. The van der Waals surface area contributed by atoms with Crippen molar-refractivity contribution in [2.75, 3.05) is 9.80 Å². The summed E-state index contributed by atoms with van der Waals surface area (Å²) in [5.41, 5.74) is 26.9. The predicted molar refractivity (Wildman–Crippen MR) is 526 cm³/mol. The Kier molecular flexibility index (Phi) is 15.4. The van der Waals surface area contributed by atoms with Gasteiger partial charge in [-0.25, -0.2) is 0 Å². The number of thiophene rings is 2. The van der Waals surface area contributed by atoms with E-state index in [0.29, 0.717) is 0 Å². The van der Waals surface area contributed by atoms with Gasteiger partial charge in [-0.2, -0.15) is 0 Å². The van der Waals surface area contributed by atoms with Crippen molar-refractivity contribution < 1.29 is 9.47 Å². The van der Waals surface area contributed by atoms with Crippen molar-refractivity contribution in [3.8, 4) is 56.6 Å². The molecule has 2 aliphatic heterocycles. The van der Waals surface area contributed by atoms with Crippen molar-refractivity contribution in [3.05, 3.63) is 481 Å². The topological polar surface area (TPSA) is 34.8 Å². The van der Waals surface area contributed by atoms with Crippen molar-refractivity contribution in [3.63, 3.8) is 0 Å². The monoisotopic (exact) mass is 1640 g/mol. The zero-order valence-corrected chi connectivity index (χ0v) is 69.6. The lowest BCUT2D eigenvalue weighted by atomic mass is 9.58. The zero-order chi connectivity index (χ0) is 82.5. The van der Waals surface area contributed by atoms with Crippen LogP contribution in [-0.2, 0) is 10.8 Å². The third-order valence-electron chi connectivity index (χ3n) is 27.2. The van der Waals surface area contributed by atoms with E-state index in [9.17, 15) is 0 Å². The number of benzene rings is 20. The Hall–Kier alpha value is -15.8. The Balaban J connectivity index is 0.000000131. The molecule has 0 amide bonds. The molecule has 588 valence electrons. The van der Waals surface area contributed by atoms with Gasteiger partial charge >= 0.3 is 0 Å².